The number of ether oxygens (including phenoxy) is 3. The molecule has 2 aromatic heterocycles. The van der Waals surface area contributed by atoms with Crippen molar-refractivity contribution in [1.29, 1.82) is 0 Å². The van der Waals surface area contributed by atoms with Crippen molar-refractivity contribution in [2.45, 2.75) is 31.8 Å². The van der Waals surface area contributed by atoms with Gasteiger partial charge in [-0.1, -0.05) is 5.16 Å². The molecule has 4 heterocycles. The Morgan fingerprint density at radius 1 is 1.07 bits per heavy atom. The quantitative estimate of drug-likeness (QED) is 0.308. The number of aryl methyl sites for hydroxylation is 2. The maximum atomic E-state index is 13.3. The van der Waals surface area contributed by atoms with Crippen molar-refractivity contribution in [3.8, 4) is 17.2 Å². The fraction of sp³-hybridized carbons (Fsp3) is 0.400. The molecule has 0 saturated carbocycles. The number of aromatic amines is 1. The van der Waals surface area contributed by atoms with Crippen molar-refractivity contribution in [1.82, 2.24) is 19.9 Å². The first-order valence-corrected chi connectivity index (χ1v) is 13.5. The smallest absolute Gasteiger partial charge is 0.322 e. The van der Waals surface area contributed by atoms with Gasteiger partial charge in [0.15, 0.2) is 5.76 Å². The molecule has 0 radical (unpaired) electrons. The maximum Gasteiger partial charge on any atom is 0.322 e. The number of methoxy groups -OCH3 is 3. The average Bonchev–Trinajstić information content (AvgIpc) is 3.49. The van der Waals surface area contributed by atoms with Gasteiger partial charge in [0.2, 0.25) is 0 Å². The van der Waals surface area contributed by atoms with E-state index in [1.54, 1.807) is 35.2 Å². The van der Waals surface area contributed by atoms with Crippen molar-refractivity contribution < 1.29 is 28.6 Å². The SMILES string of the molecule is COc1cc(CN2CC3(CN(C(=O)Nc4c(C)noc4C)C3)c3c([nH]c4cc(OC)ccc34)[C@@H]2CO)cc(OC)c1. The molecule has 6 rings (SSSR count). The highest BCUT2D eigenvalue weighted by Crippen LogP contribution is 2.49. The number of carbonyl (C=O) groups is 1. The number of fused-ring (bicyclic) bond motifs is 4. The summed E-state index contributed by atoms with van der Waals surface area (Å²) in [6.07, 6.45) is 0. The molecule has 0 unspecified atom stereocenters. The predicted molar refractivity (Wildman–Crippen MR) is 153 cm³/mol. The van der Waals surface area contributed by atoms with Crippen LogP contribution in [0.2, 0.25) is 0 Å². The largest absolute Gasteiger partial charge is 0.497 e. The van der Waals surface area contributed by atoms with E-state index in [4.69, 9.17) is 18.7 Å². The fourth-order valence-electron chi connectivity index (χ4n) is 6.40. The second-order valence-electron chi connectivity index (χ2n) is 10.9. The number of nitrogens with zero attached hydrogens (tertiary/aromatic N) is 3. The summed E-state index contributed by atoms with van der Waals surface area (Å²) in [5.74, 6) is 2.73. The third kappa shape index (κ3) is 4.54. The summed E-state index contributed by atoms with van der Waals surface area (Å²) in [6.45, 7) is 5.76. The van der Waals surface area contributed by atoms with Crippen molar-refractivity contribution in [2.75, 3.05) is 52.9 Å². The van der Waals surface area contributed by atoms with Gasteiger partial charge in [-0.15, -0.1) is 0 Å². The number of carbonyl (C=O) groups excluding carboxylic acids is 1. The number of aliphatic hydroxyl groups is 1. The van der Waals surface area contributed by atoms with Crippen molar-refractivity contribution in [2.24, 2.45) is 0 Å². The molecule has 2 aliphatic heterocycles. The Labute approximate surface area is 238 Å². The van der Waals surface area contributed by atoms with Crippen molar-refractivity contribution in [3.05, 3.63) is 64.7 Å². The summed E-state index contributed by atoms with van der Waals surface area (Å²) in [5, 5.41) is 18.7. The molecule has 216 valence electrons. The monoisotopic (exact) mass is 561 g/mol. The van der Waals surface area contributed by atoms with Crippen LogP contribution in [0.4, 0.5) is 10.5 Å². The molecule has 2 aromatic carbocycles. The summed E-state index contributed by atoms with van der Waals surface area (Å²) < 4.78 is 21.7. The zero-order chi connectivity index (χ0) is 28.9. The molecule has 1 spiro atoms. The molecule has 2 amide bonds. The van der Waals surface area contributed by atoms with Crippen LogP contribution in [0.15, 0.2) is 40.9 Å². The third-order valence-electron chi connectivity index (χ3n) is 8.35. The van der Waals surface area contributed by atoms with Crippen LogP contribution in [-0.2, 0) is 12.0 Å². The summed E-state index contributed by atoms with van der Waals surface area (Å²) >= 11 is 0. The van der Waals surface area contributed by atoms with E-state index in [9.17, 15) is 9.90 Å². The van der Waals surface area contributed by atoms with Gasteiger partial charge in [0, 0.05) is 60.3 Å². The number of likely N-dealkylation sites (tertiary alicyclic amines) is 1. The van der Waals surface area contributed by atoms with Gasteiger partial charge in [-0.25, -0.2) is 4.79 Å². The lowest BCUT2D eigenvalue weighted by atomic mass is 9.68. The molecule has 41 heavy (non-hydrogen) atoms. The Morgan fingerprint density at radius 2 is 1.78 bits per heavy atom. The van der Waals surface area contributed by atoms with Crippen LogP contribution in [0.3, 0.4) is 0 Å². The number of anilines is 1. The summed E-state index contributed by atoms with van der Waals surface area (Å²) in [7, 11) is 4.91. The lowest BCUT2D eigenvalue weighted by Gasteiger charge is -2.56. The number of nitrogens with one attached hydrogen (secondary N) is 2. The maximum absolute atomic E-state index is 13.3. The van der Waals surface area contributed by atoms with Crippen LogP contribution in [0.5, 0.6) is 17.2 Å². The number of amides is 2. The number of aromatic nitrogens is 2. The molecule has 1 fully saturated rings. The van der Waals surface area contributed by atoms with Gasteiger partial charge < -0.3 is 39.0 Å². The molecule has 1 saturated heterocycles. The molecule has 0 bridgehead atoms. The molecule has 3 N–H and O–H groups in total. The Balaban J connectivity index is 1.37. The van der Waals surface area contributed by atoms with Crippen LogP contribution < -0.4 is 19.5 Å². The van der Waals surface area contributed by atoms with Gasteiger partial charge in [0.1, 0.15) is 28.6 Å². The second kappa shape index (κ2) is 10.3. The number of hydrogen-bond donors (Lipinski definition) is 3. The zero-order valence-corrected chi connectivity index (χ0v) is 23.9. The Kier molecular flexibility index (Phi) is 6.79. The van der Waals surface area contributed by atoms with Gasteiger partial charge in [0.25, 0.3) is 0 Å². The first kappa shape index (κ1) is 27.0. The van der Waals surface area contributed by atoms with Gasteiger partial charge in [-0.05, 0) is 49.2 Å². The fourth-order valence-corrected chi connectivity index (χ4v) is 6.40. The number of urea groups is 1. The van der Waals surface area contributed by atoms with E-state index < -0.39 is 0 Å². The molecule has 2 aliphatic rings. The lowest BCUT2D eigenvalue weighted by molar-refractivity contribution is 0.0124. The van der Waals surface area contributed by atoms with Crippen LogP contribution in [-0.4, -0.2) is 78.6 Å². The van der Waals surface area contributed by atoms with Crippen LogP contribution >= 0.6 is 0 Å². The topological polar surface area (TPSA) is 125 Å². The number of hydrogen-bond acceptors (Lipinski definition) is 8. The third-order valence-corrected chi connectivity index (χ3v) is 8.35. The molecular weight excluding hydrogens is 526 g/mol. The van der Waals surface area contributed by atoms with E-state index in [2.05, 4.69) is 26.4 Å². The lowest BCUT2D eigenvalue weighted by Crippen LogP contribution is -2.68. The Bertz CT molecular complexity index is 1560. The highest BCUT2D eigenvalue weighted by atomic mass is 16.5. The van der Waals surface area contributed by atoms with Gasteiger partial charge in [-0.2, -0.15) is 0 Å². The highest BCUT2D eigenvalue weighted by Gasteiger charge is 2.54. The summed E-state index contributed by atoms with van der Waals surface area (Å²) in [6, 6.07) is 11.3. The van der Waals surface area contributed by atoms with Crippen molar-refractivity contribution >= 4 is 22.6 Å². The molecule has 0 aliphatic carbocycles. The van der Waals surface area contributed by atoms with E-state index in [0.29, 0.717) is 54.8 Å². The van der Waals surface area contributed by atoms with E-state index in [1.807, 2.05) is 35.2 Å². The standard InChI is InChI=1S/C30H35N5O6/c1-17-27(18(2)41-33-17)32-29(37)35-15-30(16-35)14-34(12-19-8-21(39-4)10-22(9-19)40-5)25(13-36)28-26(30)23-7-6-20(38-3)11-24(23)31-28/h6-11,25,31,36H,12-16H2,1-5H3,(H,32,37)/t25-/m0/s1. The van der Waals surface area contributed by atoms with E-state index in [1.165, 1.54) is 0 Å². The number of benzene rings is 2. The minimum Gasteiger partial charge on any atom is -0.497 e. The minimum absolute atomic E-state index is 0.0651. The summed E-state index contributed by atoms with van der Waals surface area (Å²) in [4.78, 5) is 21.0. The van der Waals surface area contributed by atoms with Crippen LogP contribution in [0, 0.1) is 13.8 Å². The molecule has 11 nitrogen and oxygen atoms in total. The normalized spacial score (nSPS) is 17.8. The highest BCUT2D eigenvalue weighted by molar-refractivity contribution is 5.93. The van der Waals surface area contributed by atoms with Gasteiger partial charge in [0.05, 0.1) is 34.0 Å². The van der Waals surface area contributed by atoms with Crippen LogP contribution in [0.1, 0.15) is 34.3 Å². The van der Waals surface area contributed by atoms with Crippen molar-refractivity contribution in [3.63, 3.8) is 0 Å². The minimum atomic E-state index is -0.340. The van der Waals surface area contributed by atoms with E-state index in [-0.39, 0.29) is 24.1 Å². The Hall–Kier alpha value is -4.22. The number of aliphatic hydroxyl groups excluding tert-OH is 1. The molecular formula is C30H35N5O6. The summed E-state index contributed by atoms with van der Waals surface area (Å²) in [5.41, 5.74) is 4.96. The van der Waals surface area contributed by atoms with E-state index >= 15 is 0 Å². The number of H-pyrrole nitrogens is 1. The molecule has 1 atom stereocenters. The molecule has 4 aromatic rings. The predicted octanol–water partition coefficient (Wildman–Crippen LogP) is 4.13. The molecule has 11 heteroatoms. The second-order valence-corrected chi connectivity index (χ2v) is 10.9. The first-order valence-electron chi connectivity index (χ1n) is 13.5. The number of rotatable bonds is 7. The first-order chi connectivity index (χ1) is 19.8. The Morgan fingerprint density at radius 3 is 2.39 bits per heavy atom. The van der Waals surface area contributed by atoms with Crippen LogP contribution in [0.25, 0.3) is 10.9 Å². The zero-order valence-electron chi connectivity index (χ0n) is 23.9. The average molecular weight is 562 g/mol. The van der Waals surface area contributed by atoms with Gasteiger partial charge in [-0.3, -0.25) is 4.90 Å². The van der Waals surface area contributed by atoms with E-state index in [0.717, 1.165) is 33.5 Å². The van der Waals surface area contributed by atoms with Gasteiger partial charge >= 0.3 is 6.03 Å².